The van der Waals surface area contributed by atoms with Gasteiger partial charge >= 0.3 is 0 Å². The van der Waals surface area contributed by atoms with Crippen LogP contribution >= 0.6 is 0 Å². The summed E-state index contributed by atoms with van der Waals surface area (Å²) in [5, 5.41) is 3.29. The first-order chi connectivity index (χ1) is 7.20. The molecule has 1 atom stereocenters. The Labute approximate surface area is 87.5 Å². The highest BCUT2D eigenvalue weighted by Gasteiger charge is 2.48. The van der Waals surface area contributed by atoms with Crippen molar-refractivity contribution in [3.05, 3.63) is 35.4 Å². The van der Waals surface area contributed by atoms with Crippen molar-refractivity contribution in [2.45, 2.75) is 25.3 Å². The van der Waals surface area contributed by atoms with Crippen LogP contribution in [-0.4, -0.2) is 6.54 Å². The Morgan fingerprint density at radius 2 is 2.07 bits per heavy atom. The van der Waals surface area contributed by atoms with Crippen molar-refractivity contribution >= 4 is 0 Å². The predicted octanol–water partition coefficient (Wildman–Crippen LogP) is 2.78. The largest absolute Gasteiger partial charge is 0.309 e. The standard InChI is InChI=1S/C12H13F2N/c13-9-3-1-2-8(11(9)14)10-6-12(4-5-12)7-15-10/h1-3,10,15H,4-7H2. The molecule has 1 spiro atoms. The Kier molecular flexibility index (Phi) is 1.87. The second-order valence-electron chi connectivity index (χ2n) is 4.78. The first-order valence-electron chi connectivity index (χ1n) is 5.38. The summed E-state index contributed by atoms with van der Waals surface area (Å²) in [4.78, 5) is 0. The molecule has 1 aromatic carbocycles. The quantitative estimate of drug-likeness (QED) is 0.750. The fourth-order valence-corrected chi connectivity index (χ4v) is 2.48. The van der Waals surface area contributed by atoms with Gasteiger partial charge < -0.3 is 5.32 Å². The minimum atomic E-state index is -0.744. The molecule has 80 valence electrons. The van der Waals surface area contributed by atoms with Gasteiger partial charge in [0.25, 0.3) is 0 Å². The van der Waals surface area contributed by atoms with Gasteiger partial charge in [-0.1, -0.05) is 12.1 Å². The minimum Gasteiger partial charge on any atom is -0.309 e. The zero-order chi connectivity index (χ0) is 10.5. The molecule has 0 bridgehead atoms. The molecule has 3 heteroatoms. The van der Waals surface area contributed by atoms with Crippen LogP contribution in [0, 0.1) is 17.0 Å². The molecule has 1 saturated heterocycles. The van der Waals surface area contributed by atoms with Gasteiger partial charge in [0.05, 0.1) is 0 Å². The van der Waals surface area contributed by atoms with Crippen LogP contribution < -0.4 is 5.32 Å². The van der Waals surface area contributed by atoms with Crippen LogP contribution in [0.3, 0.4) is 0 Å². The summed E-state index contributed by atoms with van der Waals surface area (Å²) in [7, 11) is 0. The van der Waals surface area contributed by atoms with Crippen molar-refractivity contribution in [2.24, 2.45) is 5.41 Å². The summed E-state index contributed by atoms with van der Waals surface area (Å²) in [5.41, 5.74) is 0.891. The number of halogens is 2. The zero-order valence-corrected chi connectivity index (χ0v) is 8.39. The SMILES string of the molecule is Fc1cccc(C2CC3(CC3)CN2)c1F. The molecular weight excluding hydrogens is 196 g/mol. The van der Waals surface area contributed by atoms with E-state index in [1.165, 1.54) is 18.9 Å². The van der Waals surface area contributed by atoms with E-state index >= 15 is 0 Å². The number of hydrogen-bond acceptors (Lipinski definition) is 1. The molecule has 0 radical (unpaired) electrons. The van der Waals surface area contributed by atoms with Crippen molar-refractivity contribution in [1.29, 1.82) is 0 Å². The molecule has 15 heavy (non-hydrogen) atoms. The lowest BCUT2D eigenvalue weighted by Gasteiger charge is -2.12. The lowest BCUT2D eigenvalue weighted by molar-refractivity contribution is 0.475. The van der Waals surface area contributed by atoms with Crippen LogP contribution in [-0.2, 0) is 0 Å². The predicted molar refractivity (Wildman–Crippen MR) is 53.4 cm³/mol. The first kappa shape index (κ1) is 9.28. The highest BCUT2D eigenvalue weighted by atomic mass is 19.2. The van der Waals surface area contributed by atoms with E-state index in [0.29, 0.717) is 11.0 Å². The van der Waals surface area contributed by atoms with Crippen LogP contribution in [0.1, 0.15) is 30.9 Å². The number of benzene rings is 1. The van der Waals surface area contributed by atoms with E-state index in [1.807, 2.05) is 0 Å². The number of rotatable bonds is 1. The van der Waals surface area contributed by atoms with Gasteiger partial charge in [0.15, 0.2) is 11.6 Å². The Morgan fingerprint density at radius 3 is 2.73 bits per heavy atom. The van der Waals surface area contributed by atoms with E-state index < -0.39 is 11.6 Å². The van der Waals surface area contributed by atoms with Crippen LogP contribution in [0.5, 0.6) is 0 Å². The Morgan fingerprint density at radius 1 is 1.27 bits per heavy atom. The van der Waals surface area contributed by atoms with Crippen molar-refractivity contribution in [2.75, 3.05) is 6.54 Å². The van der Waals surface area contributed by atoms with Gasteiger partial charge in [-0.25, -0.2) is 8.78 Å². The summed E-state index contributed by atoms with van der Waals surface area (Å²) in [6, 6.07) is 4.43. The molecule has 1 aliphatic heterocycles. The third-order valence-electron chi connectivity index (χ3n) is 3.67. The Hall–Kier alpha value is -0.960. The molecule has 1 aliphatic carbocycles. The normalized spacial score (nSPS) is 27.2. The maximum Gasteiger partial charge on any atom is 0.163 e. The molecule has 0 aromatic heterocycles. The molecule has 3 rings (SSSR count). The van der Waals surface area contributed by atoms with Crippen molar-refractivity contribution in [3.8, 4) is 0 Å². The number of nitrogens with one attached hydrogen (secondary N) is 1. The maximum atomic E-state index is 13.5. The lowest BCUT2D eigenvalue weighted by Crippen LogP contribution is -2.15. The smallest absolute Gasteiger partial charge is 0.163 e. The lowest BCUT2D eigenvalue weighted by atomic mass is 9.98. The molecule has 1 heterocycles. The highest BCUT2D eigenvalue weighted by molar-refractivity contribution is 5.25. The average Bonchev–Trinajstić information content (AvgIpc) is 2.83. The third kappa shape index (κ3) is 1.46. The Bertz CT molecular complexity index is 399. The molecule has 1 saturated carbocycles. The average molecular weight is 209 g/mol. The molecule has 2 fully saturated rings. The molecule has 1 aromatic rings. The molecule has 1 nitrogen and oxygen atoms in total. The molecule has 1 unspecified atom stereocenters. The molecule has 2 aliphatic rings. The summed E-state index contributed by atoms with van der Waals surface area (Å²) in [5.74, 6) is -1.43. The van der Waals surface area contributed by atoms with E-state index in [0.717, 1.165) is 13.0 Å². The third-order valence-corrected chi connectivity index (χ3v) is 3.67. The van der Waals surface area contributed by atoms with Crippen molar-refractivity contribution in [1.82, 2.24) is 5.32 Å². The Balaban J connectivity index is 1.90. The monoisotopic (exact) mass is 209 g/mol. The van der Waals surface area contributed by atoms with Gasteiger partial charge in [-0.2, -0.15) is 0 Å². The van der Waals surface area contributed by atoms with Gasteiger partial charge in [0.1, 0.15) is 0 Å². The first-order valence-corrected chi connectivity index (χ1v) is 5.38. The van der Waals surface area contributed by atoms with E-state index in [2.05, 4.69) is 5.32 Å². The summed E-state index contributed by atoms with van der Waals surface area (Å²) < 4.78 is 26.5. The van der Waals surface area contributed by atoms with Crippen LogP contribution in [0.15, 0.2) is 18.2 Å². The molecule has 0 amide bonds. The summed E-state index contributed by atoms with van der Waals surface area (Å²) in [6.45, 7) is 0.952. The summed E-state index contributed by atoms with van der Waals surface area (Å²) >= 11 is 0. The maximum absolute atomic E-state index is 13.5. The van der Waals surface area contributed by atoms with E-state index in [-0.39, 0.29) is 6.04 Å². The fraction of sp³-hybridized carbons (Fsp3) is 0.500. The topological polar surface area (TPSA) is 12.0 Å². The van der Waals surface area contributed by atoms with Crippen LogP contribution in [0.4, 0.5) is 8.78 Å². The second-order valence-corrected chi connectivity index (χ2v) is 4.78. The van der Waals surface area contributed by atoms with Crippen LogP contribution in [0.25, 0.3) is 0 Å². The van der Waals surface area contributed by atoms with Gasteiger partial charge in [-0.05, 0) is 30.7 Å². The van der Waals surface area contributed by atoms with Crippen LogP contribution in [0.2, 0.25) is 0 Å². The molecule has 1 N–H and O–H groups in total. The number of hydrogen-bond donors (Lipinski definition) is 1. The van der Waals surface area contributed by atoms with E-state index in [9.17, 15) is 8.78 Å². The second kappa shape index (κ2) is 3.01. The van der Waals surface area contributed by atoms with Gasteiger partial charge in [0.2, 0.25) is 0 Å². The van der Waals surface area contributed by atoms with E-state index in [4.69, 9.17) is 0 Å². The fourth-order valence-electron chi connectivity index (χ4n) is 2.48. The highest BCUT2D eigenvalue weighted by Crippen LogP contribution is 2.55. The van der Waals surface area contributed by atoms with E-state index in [1.54, 1.807) is 12.1 Å². The summed E-state index contributed by atoms with van der Waals surface area (Å²) in [6.07, 6.45) is 3.41. The van der Waals surface area contributed by atoms with Crippen molar-refractivity contribution < 1.29 is 8.78 Å². The van der Waals surface area contributed by atoms with Gasteiger partial charge in [-0.15, -0.1) is 0 Å². The van der Waals surface area contributed by atoms with Gasteiger partial charge in [-0.3, -0.25) is 0 Å². The van der Waals surface area contributed by atoms with Gasteiger partial charge in [0, 0.05) is 18.2 Å². The molecular formula is C12H13F2N. The minimum absolute atomic E-state index is 0.00296. The van der Waals surface area contributed by atoms with Crippen molar-refractivity contribution in [3.63, 3.8) is 0 Å². The zero-order valence-electron chi connectivity index (χ0n) is 8.39.